The molecule has 0 radical (unpaired) electrons. The zero-order valence-corrected chi connectivity index (χ0v) is 8.14. The molecule has 76 valence electrons. The summed E-state index contributed by atoms with van der Waals surface area (Å²) in [6, 6.07) is 0. The van der Waals surface area contributed by atoms with Crippen molar-refractivity contribution in [1.29, 1.82) is 5.41 Å². The molecule has 0 saturated carbocycles. The molecule has 0 amide bonds. The van der Waals surface area contributed by atoms with Crippen molar-refractivity contribution in [3.8, 4) is 0 Å². The van der Waals surface area contributed by atoms with Crippen LogP contribution in [0.25, 0.3) is 0 Å². The molecule has 0 aromatic carbocycles. The lowest BCUT2D eigenvalue weighted by atomic mass is 10.1. The van der Waals surface area contributed by atoms with Gasteiger partial charge in [-0.05, 0) is 12.8 Å². The lowest BCUT2D eigenvalue weighted by molar-refractivity contribution is -0.135. The minimum atomic E-state index is -0.991. The van der Waals surface area contributed by atoms with Crippen molar-refractivity contribution in [2.24, 2.45) is 4.99 Å². The summed E-state index contributed by atoms with van der Waals surface area (Å²) in [4.78, 5) is 14.0. The average molecular weight is 216 g/mol. The molecule has 0 spiro atoms. The fourth-order valence-electron chi connectivity index (χ4n) is 1.03. The van der Waals surface area contributed by atoms with Gasteiger partial charge < -0.3 is 10.4 Å². The third-order valence-corrected chi connectivity index (χ3v) is 2.05. The summed E-state index contributed by atoms with van der Waals surface area (Å²) in [5, 5.41) is 18.6. The average Bonchev–Trinajstić information content (AvgIpc) is 2.15. The lowest BCUT2D eigenvalue weighted by Gasteiger charge is -2.12. The van der Waals surface area contributed by atoms with Gasteiger partial charge in [-0.2, -0.15) is 0 Å². The quantitative estimate of drug-likeness (QED) is 0.613. The van der Waals surface area contributed by atoms with Crippen LogP contribution >= 0.6 is 11.6 Å². The van der Waals surface area contributed by atoms with E-state index in [0.717, 1.165) is 6.42 Å². The van der Waals surface area contributed by atoms with Crippen molar-refractivity contribution >= 4 is 29.6 Å². The van der Waals surface area contributed by atoms with Gasteiger partial charge in [0.1, 0.15) is 17.5 Å². The summed E-state index contributed by atoms with van der Waals surface area (Å²) >= 11 is 5.79. The van der Waals surface area contributed by atoms with Crippen LogP contribution in [0.2, 0.25) is 0 Å². The molecule has 0 aromatic heterocycles. The zero-order chi connectivity index (χ0) is 10.6. The lowest BCUT2D eigenvalue weighted by Crippen LogP contribution is -2.22. The molecule has 3 N–H and O–H groups in total. The molecule has 14 heavy (non-hydrogen) atoms. The van der Waals surface area contributed by atoms with Crippen LogP contribution in [-0.2, 0) is 4.79 Å². The first kappa shape index (κ1) is 10.7. The Morgan fingerprint density at radius 3 is 3.07 bits per heavy atom. The van der Waals surface area contributed by atoms with Crippen LogP contribution in [0, 0.1) is 5.41 Å². The van der Waals surface area contributed by atoms with E-state index in [1.165, 1.54) is 0 Å². The smallest absolute Gasteiger partial charge is 0.322 e. The summed E-state index contributed by atoms with van der Waals surface area (Å²) in [7, 11) is 0. The van der Waals surface area contributed by atoms with E-state index >= 15 is 0 Å². The van der Waals surface area contributed by atoms with E-state index in [1.54, 1.807) is 6.21 Å². The van der Waals surface area contributed by atoms with Gasteiger partial charge in [0.05, 0.1) is 0 Å². The van der Waals surface area contributed by atoms with E-state index in [2.05, 4.69) is 10.3 Å². The third-order valence-electron chi connectivity index (χ3n) is 1.69. The van der Waals surface area contributed by atoms with Gasteiger partial charge >= 0.3 is 5.97 Å². The van der Waals surface area contributed by atoms with Gasteiger partial charge in [0, 0.05) is 11.8 Å². The Bertz CT molecular complexity index is 323. The van der Waals surface area contributed by atoms with E-state index in [1.807, 2.05) is 0 Å². The predicted octanol–water partition coefficient (Wildman–Crippen LogP) is 0.953. The van der Waals surface area contributed by atoms with Crippen molar-refractivity contribution in [3.63, 3.8) is 0 Å². The fourth-order valence-corrected chi connectivity index (χ4v) is 1.29. The Morgan fingerprint density at radius 1 is 1.79 bits per heavy atom. The minimum absolute atomic E-state index is 0.0964. The second kappa shape index (κ2) is 4.76. The molecule has 1 rings (SSSR count). The summed E-state index contributed by atoms with van der Waals surface area (Å²) in [6.07, 6.45) is 2.99. The molecule has 5 nitrogen and oxygen atoms in total. The SMILES string of the molecule is N=C1N=CCC/C1=C(\Cl)NCC(=O)O. The first-order valence-corrected chi connectivity index (χ1v) is 4.45. The zero-order valence-electron chi connectivity index (χ0n) is 7.38. The Morgan fingerprint density at radius 2 is 2.50 bits per heavy atom. The first-order chi connectivity index (χ1) is 6.61. The van der Waals surface area contributed by atoms with Gasteiger partial charge in [0.15, 0.2) is 0 Å². The number of carbonyl (C=O) groups is 1. The van der Waals surface area contributed by atoms with Crippen molar-refractivity contribution in [1.82, 2.24) is 5.32 Å². The number of carboxylic acids is 1. The normalized spacial score (nSPS) is 19.4. The topological polar surface area (TPSA) is 85.5 Å². The highest BCUT2D eigenvalue weighted by molar-refractivity contribution is 6.32. The van der Waals surface area contributed by atoms with E-state index in [4.69, 9.17) is 22.1 Å². The van der Waals surface area contributed by atoms with Gasteiger partial charge in [-0.3, -0.25) is 10.2 Å². The van der Waals surface area contributed by atoms with Crippen LogP contribution in [0.5, 0.6) is 0 Å². The van der Waals surface area contributed by atoms with Crippen molar-refractivity contribution in [2.45, 2.75) is 12.8 Å². The Kier molecular flexibility index (Phi) is 3.64. The van der Waals surface area contributed by atoms with E-state index in [9.17, 15) is 4.79 Å². The molecule has 6 heteroatoms. The Balaban J connectivity index is 2.67. The third kappa shape index (κ3) is 2.85. The molecular weight excluding hydrogens is 206 g/mol. The maximum atomic E-state index is 10.2. The molecule has 0 atom stereocenters. The van der Waals surface area contributed by atoms with Crippen LogP contribution in [0.1, 0.15) is 12.8 Å². The summed E-state index contributed by atoms with van der Waals surface area (Å²) in [5.41, 5.74) is 0.565. The van der Waals surface area contributed by atoms with Crippen molar-refractivity contribution < 1.29 is 9.90 Å². The molecule has 0 aliphatic carbocycles. The van der Waals surface area contributed by atoms with E-state index in [0.29, 0.717) is 12.0 Å². The molecule has 1 aliphatic rings. The number of amidine groups is 1. The number of hydrogen-bond donors (Lipinski definition) is 3. The van der Waals surface area contributed by atoms with Gasteiger partial charge in [-0.25, -0.2) is 4.99 Å². The number of carboxylic acid groups (broad SMARTS) is 1. The number of nitrogens with one attached hydrogen (secondary N) is 2. The van der Waals surface area contributed by atoms with Gasteiger partial charge in [0.25, 0.3) is 0 Å². The van der Waals surface area contributed by atoms with Gasteiger partial charge in [-0.15, -0.1) is 0 Å². The van der Waals surface area contributed by atoms with E-state index in [-0.39, 0.29) is 17.5 Å². The molecular formula is C8H10ClN3O2. The molecule has 0 bridgehead atoms. The predicted molar refractivity (Wildman–Crippen MR) is 54.0 cm³/mol. The molecule has 1 aliphatic heterocycles. The Hall–Kier alpha value is -1.36. The minimum Gasteiger partial charge on any atom is -0.480 e. The van der Waals surface area contributed by atoms with Crippen LogP contribution in [-0.4, -0.2) is 29.7 Å². The standard InChI is InChI=1S/C8H10ClN3O2/c9-7(12-4-6(13)14)5-2-1-3-11-8(5)10/h3,10,12H,1-2,4H2,(H,13,14)/b7-5-,10-8?. The van der Waals surface area contributed by atoms with Crippen molar-refractivity contribution in [2.75, 3.05) is 6.54 Å². The van der Waals surface area contributed by atoms with Crippen LogP contribution in [0.3, 0.4) is 0 Å². The Labute approximate surface area is 86.0 Å². The highest BCUT2D eigenvalue weighted by Gasteiger charge is 2.13. The second-order valence-corrected chi connectivity index (χ2v) is 3.12. The number of hydrogen-bond acceptors (Lipinski definition) is 3. The van der Waals surface area contributed by atoms with Gasteiger partial charge in [-0.1, -0.05) is 11.6 Å². The van der Waals surface area contributed by atoms with Crippen LogP contribution in [0.15, 0.2) is 15.7 Å². The van der Waals surface area contributed by atoms with E-state index < -0.39 is 5.97 Å². The molecule has 0 saturated heterocycles. The summed E-state index contributed by atoms with van der Waals surface area (Å²) in [5.74, 6) is -0.895. The molecule has 1 heterocycles. The number of rotatable bonds is 3. The monoisotopic (exact) mass is 215 g/mol. The van der Waals surface area contributed by atoms with Crippen LogP contribution in [0.4, 0.5) is 0 Å². The number of halogens is 1. The number of aliphatic imine (C=N–C) groups is 1. The molecule has 0 unspecified atom stereocenters. The summed E-state index contributed by atoms with van der Waals surface area (Å²) < 4.78 is 0. The maximum absolute atomic E-state index is 10.2. The van der Waals surface area contributed by atoms with Gasteiger partial charge in [0.2, 0.25) is 0 Å². The fraction of sp³-hybridized carbons (Fsp3) is 0.375. The van der Waals surface area contributed by atoms with Crippen LogP contribution < -0.4 is 5.32 Å². The second-order valence-electron chi connectivity index (χ2n) is 2.74. The maximum Gasteiger partial charge on any atom is 0.322 e. The highest BCUT2D eigenvalue weighted by atomic mass is 35.5. The highest BCUT2D eigenvalue weighted by Crippen LogP contribution is 2.17. The largest absolute Gasteiger partial charge is 0.480 e. The first-order valence-electron chi connectivity index (χ1n) is 4.07. The molecule has 0 fully saturated rings. The van der Waals surface area contributed by atoms with Crippen molar-refractivity contribution in [3.05, 3.63) is 10.7 Å². The molecule has 0 aromatic rings. The number of aliphatic carboxylic acids is 1. The number of nitrogens with zero attached hydrogens (tertiary/aromatic N) is 1. The summed E-state index contributed by atoms with van der Waals surface area (Å²) in [6.45, 7) is -0.251.